The second-order valence-corrected chi connectivity index (χ2v) is 5.30. The second-order valence-electron chi connectivity index (χ2n) is 5.30. The first-order chi connectivity index (χ1) is 7.64. The Morgan fingerprint density at radius 3 is 2.56 bits per heavy atom. The SMILES string of the molecule is Cc1ccccc1C(CN)CC1(C)COC1. The van der Waals surface area contributed by atoms with Crippen molar-refractivity contribution in [2.24, 2.45) is 11.1 Å². The van der Waals surface area contributed by atoms with Gasteiger partial charge in [-0.05, 0) is 36.9 Å². The highest BCUT2D eigenvalue weighted by Crippen LogP contribution is 2.37. The number of nitrogens with two attached hydrogens (primary N) is 1. The highest BCUT2D eigenvalue weighted by atomic mass is 16.5. The molecule has 0 spiro atoms. The largest absolute Gasteiger partial charge is 0.380 e. The van der Waals surface area contributed by atoms with Crippen LogP contribution >= 0.6 is 0 Å². The van der Waals surface area contributed by atoms with E-state index in [-0.39, 0.29) is 0 Å². The van der Waals surface area contributed by atoms with E-state index >= 15 is 0 Å². The lowest BCUT2D eigenvalue weighted by molar-refractivity contribution is -0.108. The molecule has 0 bridgehead atoms. The van der Waals surface area contributed by atoms with Gasteiger partial charge in [0.25, 0.3) is 0 Å². The summed E-state index contributed by atoms with van der Waals surface area (Å²) in [6.07, 6.45) is 1.13. The lowest BCUT2D eigenvalue weighted by Gasteiger charge is -2.40. The molecule has 1 aromatic rings. The van der Waals surface area contributed by atoms with Crippen LogP contribution < -0.4 is 5.73 Å². The van der Waals surface area contributed by atoms with Gasteiger partial charge in [-0.3, -0.25) is 0 Å². The van der Waals surface area contributed by atoms with E-state index in [1.165, 1.54) is 11.1 Å². The van der Waals surface area contributed by atoms with Gasteiger partial charge in [-0.25, -0.2) is 0 Å². The Morgan fingerprint density at radius 1 is 1.38 bits per heavy atom. The monoisotopic (exact) mass is 219 g/mol. The fourth-order valence-corrected chi connectivity index (χ4v) is 2.53. The smallest absolute Gasteiger partial charge is 0.0542 e. The molecule has 1 aromatic carbocycles. The molecule has 16 heavy (non-hydrogen) atoms. The fraction of sp³-hybridized carbons (Fsp3) is 0.571. The van der Waals surface area contributed by atoms with Crippen molar-refractivity contribution < 1.29 is 4.74 Å². The molecule has 88 valence electrons. The van der Waals surface area contributed by atoms with Crippen LogP contribution in [0.25, 0.3) is 0 Å². The molecule has 0 amide bonds. The van der Waals surface area contributed by atoms with Gasteiger partial charge in [0, 0.05) is 5.41 Å². The third kappa shape index (κ3) is 2.28. The first kappa shape index (κ1) is 11.6. The van der Waals surface area contributed by atoms with Gasteiger partial charge in [0.1, 0.15) is 0 Å². The molecule has 1 saturated heterocycles. The minimum atomic E-state index is 0.340. The van der Waals surface area contributed by atoms with Gasteiger partial charge in [0.05, 0.1) is 13.2 Å². The Bertz CT molecular complexity index is 358. The minimum absolute atomic E-state index is 0.340. The predicted molar refractivity (Wildman–Crippen MR) is 66.5 cm³/mol. The van der Waals surface area contributed by atoms with Crippen LogP contribution in [0, 0.1) is 12.3 Å². The van der Waals surface area contributed by atoms with Crippen molar-refractivity contribution in [2.75, 3.05) is 19.8 Å². The van der Waals surface area contributed by atoms with Crippen LogP contribution in [-0.2, 0) is 4.74 Å². The van der Waals surface area contributed by atoms with E-state index in [0.29, 0.717) is 11.3 Å². The summed E-state index contributed by atoms with van der Waals surface area (Å²) in [4.78, 5) is 0. The van der Waals surface area contributed by atoms with Gasteiger partial charge < -0.3 is 10.5 Å². The molecule has 0 aliphatic carbocycles. The predicted octanol–water partition coefficient (Wildman–Crippen LogP) is 2.46. The maximum atomic E-state index is 5.92. The van der Waals surface area contributed by atoms with Gasteiger partial charge >= 0.3 is 0 Å². The molecule has 1 fully saturated rings. The van der Waals surface area contributed by atoms with E-state index in [1.807, 2.05) is 0 Å². The van der Waals surface area contributed by atoms with Crippen LogP contribution in [0.4, 0.5) is 0 Å². The zero-order chi connectivity index (χ0) is 11.6. The molecule has 2 nitrogen and oxygen atoms in total. The van der Waals surface area contributed by atoms with E-state index < -0.39 is 0 Å². The average molecular weight is 219 g/mol. The van der Waals surface area contributed by atoms with Gasteiger partial charge in [-0.2, -0.15) is 0 Å². The molecule has 2 N–H and O–H groups in total. The summed E-state index contributed by atoms with van der Waals surface area (Å²) in [5.41, 5.74) is 9.01. The van der Waals surface area contributed by atoms with Crippen molar-refractivity contribution >= 4 is 0 Å². The molecule has 0 aromatic heterocycles. The van der Waals surface area contributed by atoms with Crippen LogP contribution in [-0.4, -0.2) is 19.8 Å². The standard InChI is InChI=1S/C14H21NO/c1-11-5-3-4-6-13(11)12(8-15)7-14(2)9-16-10-14/h3-6,12H,7-10,15H2,1-2H3. The first-order valence-electron chi connectivity index (χ1n) is 5.98. The van der Waals surface area contributed by atoms with Crippen molar-refractivity contribution in [1.29, 1.82) is 0 Å². The summed E-state index contributed by atoms with van der Waals surface area (Å²) in [7, 11) is 0. The summed E-state index contributed by atoms with van der Waals surface area (Å²) >= 11 is 0. The van der Waals surface area contributed by atoms with E-state index in [0.717, 1.165) is 26.2 Å². The Labute approximate surface area is 97.8 Å². The third-order valence-corrected chi connectivity index (χ3v) is 3.55. The van der Waals surface area contributed by atoms with Gasteiger partial charge in [-0.15, -0.1) is 0 Å². The number of benzene rings is 1. The molecule has 1 atom stereocenters. The molecule has 0 radical (unpaired) electrons. The van der Waals surface area contributed by atoms with Crippen LogP contribution in [0.2, 0.25) is 0 Å². The van der Waals surface area contributed by atoms with Crippen LogP contribution in [0.1, 0.15) is 30.4 Å². The highest BCUT2D eigenvalue weighted by Gasteiger charge is 2.35. The van der Waals surface area contributed by atoms with E-state index in [2.05, 4.69) is 38.1 Å². The topological polar surface area (TPSA) is 35.2 Å². The third-order valence-electron chi connectivity index (χ3n) is 3.55. The van der Waals surface area contributed by atoms with Crippen molar-refractivity contribution in [3.63, 3.8) is 0 Å². The molecule has 1 aliphatic rings. The average Bonchev–Trinajstić information content (AvgIpc) is 2.25. The maximum absolute atomic E-state index is 5.92. The lowest BCUT2D eigenvalue weighted by Crippen LogP contribution is -2.41. The van der Waals surface area contributed by atoms with Crippen LogP contribution in [0.3, 0.4) is 0 Å². The summed E-state index contributed by atoms with van der Waals surface area (Å²) in [6.45, 7) is 6.94. The van der Waals surface area contributed by atoms with Crippen molar-refractivity contribution in [2.45, 2.75) is 26.2 Å². The normalized spacial score (nSPS) is 20.2. The summed E-state index contributed by atoms with van der Waals surface area (Å²) in [5, 5.41) is 0. The molecule has 2 rings (SSSR count). The second kappa shape index (κ2) is 4.56. The molecule has 0 saturated carbocycles. The molecule has 1 heterocycles. The minimum Gasteiger partial charge on any atom is -0.380 e. The van der Waals surface area contributed by atoms with E-state index in [9.17, 15) is 0 Å². The van der Waals surface area contributed by atoms with Gasteiger partial charge in [0.15, 0.2) is 0 Å². The van der Waals surface area contributed by atoms with Crippen molar-refractivity contribution in [1.82, 2.24) is 0 Å². The highest BCUT2D eigenvalue weighted by molar-refractivity contribution is 5.29. The molecular formula is C14H21NO. The number of rotatable bonds is 4. The summed E-state index contributed by atoms with van der Waals surface area (Å²) in [5.74, 6) is 0.468. The van der Waals surface area contributed by atoms with Crippen molar-refractivity contribution in [3.05, 3.63) is 35.4 Å². The Balaban J connectivity index is 2.13. The number of aryl methyl sites for hydroxylation is 1. The Hall–Kier alpha value is -0.860. The van der Waals surface area contributed by atoms with Gasteiger partial charge in [0.2, 0.25) is 0 Å². The van der Waals surface area contributed by atoms with Gasteiger partial charge in [-0.1, -0.05) is 31.2 Å². The number of hydrogen-bond donors (Lipinski definition) is 1. The van der Waals surface area contributed by atoms with Crippen LogP contribution in [0.5, 0.6) is 0 Å². The quantitative estimate of drug-likeness (QED) is 0.844. The van der Waals surface area contributed by atoms with Crippen molar-refractivity contribution in [3.8, 4) is 0 Å². The molecular weight excluding hydrogens is 198 g/mol. The number of ether oxygens (including phenoxy) is 1. The Morgan fingerprint density at radius 2 is 2.06 bits per heavy atom. The summed E-state index contributed by atoms with van der Waals surface area (Å²) in [6, 6.07) is 8.55. The first-order valence-corrected chi connectivity index (χ1v) is 5.98. The fourth-order valence-electron chi connectivity index (χ4n) is 2.53. The van der Waals surface area contributed by atoms with E-state index in [4.69, 9.17) is 10.5 Å². The molecule has 1 unspecified atom stereocenters. The van der Waals surface area contributed by atoms with E-state index in [1.54, 1.807) is 0 Å². The number of hydrogen-bond acceptors (Lipinski definition) is 2. The maximum Gasteiger partial charge on any atom is 0.0542 e. The zero-order valence-corrected chi connectivity index (χ0v) is 10.2. The molecule has 2 heteroatoms. The van der Waals surface area contributed by atoms with Crippen LogP contribution in [0.15, 0.2) is 24.3 Å². The summed E-state index contributed by atoms with van der Waals surface area (Å²) < 4.78 is 5.31. The Kier molecular flexibility index (Phi) is 3.31. The molecule has 1 aliphatic heterocycles. The lowest BCUT2D eigenvalue weighted by atomic mass is 9.76. The zero-order valence-electron chi connectivity index (χ0n) is 10.2.